The van der Waals surface area contributed by atoms with E-state index in [1.807, 2.05) is 5.32 Å². The normalized spacial score (nSPS) is 12.9. The van der Waals surface area contributed by atoms with Crippen molar-refractivity contribution in [2.24, 2.45) is 0 Å². The van der Waals surface area contributed by atoms with E-state index in [4.69, 9.17) is 0 Å². The van der Waals surface area contributed by atoms with Crippen LogP contribution in [0.2, 0.25) is 0 Å². The highest BCUT2D eigenvalue weighted by Gasteiger charge is 2.74. The van der Waals surface area contributed by atoms with Gasteiger partial charge in [0.1, 0.15) is 11.5 Å². The number of halogens is 12. The second-order valence-corrected chi connectivity index (χ2v) is 12.4. The predicted molar refractivity (Wildman–Crippen MR) is 175 cm³/mol. The van der Waals surface area contributed by atoms with Crippen LogP contribution in [0.4, 0.5) is 58.4 Å². The lowest BCUT2D eigenvalue weighted by molar-refractivity contribution is -0.290. The summed E-state index contributed by atoms with van der Waals surface area (Å²) in [4.78, 5) is 49.8. The van der Waals surface area contributed by atoms with Crippen molar-refractivity contribution in [2.75, 3.05) is 12.4 Å². The fraction of sp³-hybridized carbons (Fsp3) is 0.222. The predicted octanol–water partition coefficient (Wildman–Crippen LogP) is 8.24. The number of aromatic hydroxyl groups is 2. The molecule has 0 unspecified atom stereocenters. The molecule has 0 saturated carbocycles. The van der Waals surface area contributed by atoms with Crippen molar-refractivity contribution in [3.63, 3.8) is 0 Å². The Hall–Kier alpha value is -6.48. The molecule has 0 aliphatic carbocycles. The topological polar surface area (TPSA) is 173 Å². The van der Waals surface area contributed by atoms with Crippen LogP contribution in [0.3, 0.4) is 0 Å². The number of hydrogen-bond acceptors (Lipinski definition) is 6. The Kier molecular flexibility index (Phi) is 11.3. The molecule has 58 heavy (non-hydrogen) atoms. The highest BCUT2D eigenvalue weighted by atomic mass is 19.4. The van der Waals surface area contributed by atoms with Crippen molar-refractivity contribution in [1.82, 2.24) is 5.32 Å². The first-order chi connectivity index (χ1) is 26.5. The second kappa shape index (κ2) is 14.8. The Morgan fingerprint density at radius 1 is 0.483 bits per heavy atom. The van der Waals surface area contributed by atoms with Gasteiger partial charge < -0.3 is 31.1 Å². The molecule has 4 aromatic rings. The number of benzene rings is 4. The molecule has 0 radical (unpaired) electrons. The Morgan fingerprint density at radius 2 is 0.828 bits per heavy atom. The molecule has 0 bridgehead atoms. The lowest BCUT2D eigenvalue weighted by atomic mass is 9.71. The standard InChI is InChI=1S/C36H24F12N2O8/c1-15-11-16(5-9-25(15)51)31(33(37,38)39,34(40,41)42)19-6-10-26(52)24(14-19)50-28(54)23-13-18(4-8-21(23)30(57)58)32(35(43,44)45,36(46,47)48)17-3-7-20(29(55)56)22(12-17)27(53)49-2/h3-14,51-52H,1-2H3,(H,49,53)(H,50,54)(H,55,56)(H,57,58). The molecule has 0 atom stereocenters. The summed E-state index contributed by atoms with van der Waals surface area (Å²) in [6, 6.07) is 1.48. The van der Waals surface area contributed by atoms with E-state index in [-0.39, 0.29) is 60.7 Å². The highest BCUT2D eigenvalue weighted by Crippen LogP contribution is 2.58. The summed E-state index contributed by atoms with van der Waals surface area (Å²) in [6.07, 6.45) is -25.6. The first kappa shape index (κ1) is 44.2. The van der Waals surface area contributed by atoms with E-state index in [9.17, 15) is 65.9 Å². The van der Waals surface area contributed by atoms with E-state index in [0.717, 1.165) is 14.0 Å². The molecule has 0 spiro atoms. The third-order valence-corrected chi connectivity index (χ3v) is 9.09. The third-order valence-electron chi connectivity index (χ3n) is 9.09. The molecule has 0 heterocycles. The van der Waals surface area contributed by atoms with Crippen LogP contribution in [0.1, 0.15) is 69.2 Å². The van der Waals surface area contributed by atoms with Gasteiger partial charge in [-0.15, -0.1) is 0 Å². The van der Waals surface area contributed by atoms with Gasteiger partial charge in [0.05, 0.1) is 27.9 Å². The number of aryl methyl sites for hydroxylation is 1. The maximum absolute atomic E-state index is 15.1. The number of alkyl halides is 12. The number of carboxylic acids is 2. The van der Waals surface area contributed by atoms with Crippen LogP contribution >= 0.6 is 0 Å². The Bertz CT molecular complexity index is 2290. The van der Waals surface area contributed by atoms with Gasteiger partial charge in [-0.25, -0.2) is 9.59 Å². The van der Waals surface area contributed by atoms with Gasteiger partial charge in [-0.05, 0) is 77.2 Å². The van der Waals surface area contributed by atoms with E-state index in [1.54, 1.807) is 5.32 Å². The fourth-order valence-corrected chi connectivity index (χ4v) is 6.35. The molecule has 310 valence electrons. The van der Waals surface area contributed by atoms with Crippen LogP contribution in [0.15, 0.2) is 72.8 Å². The average molecular weight is 841 g/mol. The Balaban J connectivity index is 2.03. The number of anilines is 1. The molecule has 6 N–H and O–H groups in total. The Morgan fingerprint density at radius 3 is 1.19 bits per heavy atom. The van der Waals surface area contributed by atoms with Crippen molar-refractivity contribution in [1.29, 1.82) is 0 Å². The number of carboxylic acid groups (broad SMARTS) is 2. The van der Waals surface area contributed by atoms with E-state index >= 15 is 26.3 Å². The fourth-order valence-electron chi connectivity index (χ4n) is 6.35. The minimum atomic E-state index is -6.51. The van der Waals surface area contributed by atoms with Gasteiger partial charge in [-0.2, -0.15) is 52.7 Å². The number of nitrogens with one attached hydrogen (secondary N) is 2. The smallest absolute Gasteiger partial charge is 0.411 e. The molecule has 2 amide bonds. The molecule has 0 aliphatic rings. The summed E-state index contributed by atoms with van der Waals surface area (Å²) in [6.45, 7) is 0.963. The quantitative estimate of drug-likeness (QED) is 0.0723. The van der Waals surface area contributed by atoms with Gasteiger partial charge in [-0.1, -0.05) is 30.3 Å². The molecule has 0 fully saturated rings. The van der Waals surface area contributed by atoms with Crippen LogP contribution in [0.25, 0.3) is 0 Å². The molecule has 4 rings (SSSR count). The molecule has 0 aromatic heterocycles. The van der Waals surface area contributed by atoms with E-state index < -0.39 is 127 Å². The van der Waals surface area contributed by atoms with Crippen molar-refractivity contribution in [2.45, 2.75) is 42.5 Å². The second-order valence-electron chi connectivity index (χ2n) is 12.4. The molecule has 10 nitrogen and oxygen atoms in total. The molecule has 0 aliphatic heterocycles. The number of phenolic OH excluding ortho intramolecular Hbond substituents is 2. The first-order valence-corrected chi connectivity index (χ1v) is 15.7. The number of carbonyl (C=O) groups is 4. The van der Waals surface area contributed by atoms with Crippen molar-refractivity contribution in [3.05, 3.63) is 123 Å². The maximum Gasteiger partial charge on any atom is 0.411 e. The average Bonchev–Trinajstić information content (AvgIpc) is 3.08. The van der Waals surface area contributed by atoms with Crippen LogP contribution in [-0.2, 0) is 10.8 Å². The first-order valence-electron chi connectivity index (χ1n) is 15.7. The largest absolute Gasteiger partial charge is 0.508 e. The van der Waals surface area contributed by atoms with Gasteiger partial charge in [0.15, 0.2) is 0 Å². The summed E-state index contributed by atoms with van der Waals surface area (Å²) in [5, 5.41) is 42.8. The SMILES string of the molecule is CNC(=O)c1cc(C(c2ccc(C(=O)O)c(C(=O)Nc3cc(C(c4ccc(O)c(C)c4)(C(F)(F)F)C(F)(F)F)ccc3O)c2)(C(F)(F)F)C(F)(F)F)ccc1C(=O)O. The monoisotopic (exact) mass is 840 g/mol. The number of phenols is 2. The van der Waals surface area contributed by atoms with E-state index in [0.29, 0.717) is 12.1 Å². The zero-order valence-corrected chi connectivity index (χ0v) is 28.9. The van der Waals surface area contributed by atoms with Crippen LogP contribution in [0, 0.1) is 6.92 Å². The summed E-state index contributed by atoms with van der Waals surface area (Å²) in [5.41, 5.74) is -24.5. The van der Waals surface area contributed by atoms with E-state index in [1.165, 1.54) is 0 Å². The minimum Gasteiger partial charge on any atom is -0.508 e. The molecular weight excluding hydrogens is 816 g/mol. The molecule has 4 aromatic carbocycles. The summed E-state index contributed by atoms with van der Waals surface area (Å²) in [7, 11) is 0.866. The zero-order chi connectivity index (χ0) is 44.1. The van der Waals surface area contributed by atoms with Crippen LogP contribution < -0.4 is 10.6 Å². The number of carbonyl (C=O) groups excluding carboxylic acids is 2. The lowest BCUT2D eigenvalue weighted by Gasteiger charge is -2.39. The summed E-state index contributed by atoms with van der Waals surface area (Å²) >= 11 is 0. The minimum absolute atomic E-state index is 0.0232. The van der Waals surface area contributed by atoms with Crippen molar-refractivity contribution >= 4 is 29.4 Å². The van der Waals surface area contributed by atoms with Crippen molar-refractivity contribution < 1.29 is 92.3 Å². The van der Waals surface area contributed by atoms with Gasteiger partial charge in [0, 0.05) is 7.05 Å². The van der Waals surface area contributed by atoms with Gasteiger partial charge in [-0.3, -0.25) is 9.59 Å². The molecule has 0 saturated heterocycles. The van der Waals surface area contributed by atoms with Crippen molar-refractivity contribution in [3.8, 4) is 11.5 Å². The number of amides is 2. The summed E-state index contributed by atoms with van der Waals surface area (Å²) < 4.78 is 179. The van der Waals surface area contributed by atoms with Gasteiger partial charge in [0.25, 0.3) is 11.8 Å². The lowest BCUT2D eigenvalue weighted by Crippen LogP contribution is -2.55. The van der Waals surface area contributed by atoms with Crippen LogP contribution in [0.5, 0.6) is 11.5 Å². The molecule has 22 heteroatoms. The third kappa shape index (κ3) is 7.17. The van der Waals surface area contributed by atoms with E-state index in [2.05, 4.69) is 0 Å². The zero-order valence-electron chi connectivity index (χ0n) is 28.9. The van der Waals surface area contributed by atoms with Gasteiger partial charge in [0.2, 0.25) is 10.8 Å². The van der Waals surface area contributed by atoms with Gasteiger partial charge >= 0.3 is 36.6 Å². The maximum atomic E-state index is 15.1. The highest BCUT2D eigenvalue weighted by molar-refractivity contribution is 6.11. The summed E-state index contributed by atoms with van der Waals surface area (Å²) in [5.74, 6) is -9.69. The Labute approximate surface area is 316 Å². The number of hydrogen-bond donors (Lipinski definition) is 6. The van der Waals surface area contributed by atoms with Crippen LogP contribution in [-0.4, -0.2) is 75.9 Å². The number of aromatic carboxylic acids is 2. The number of rotatable bonds is 9. The molecular formula is C36H24F12N2O8.